The number of anilines is 1. The Bertz CT molecular complexity index is 887. The zero-order chi connectivity index (χ0) is 21.1. The molecule has 2 fully saturated rings. The predicted molar refractivity (Wildman–Crippen MR) is 112 cm³/mol. The van der Waals surface area contributed by atoms with Crippen LogP contribution in [-0.4, -0.2) is 59.6 Å². The summed E-state index contributed by atoms with van der Waals surface area (Å²) < 4.78 is 25.0. The number of benzene rings is 2. The van der Waals surface area contributed by atoms with Crippen LogP contribution in [0, 0.1) is 0 Å². The van der Waals surface area contributed by atoms with E-state index in [2.05, 4.69) is 21.9 Å². The number of amides is 2. The number of thioether (sulfide) groups is 1. The van der Waals surface area contributed by atoms with Crippen LogP contribution in [0.4, 0.5) is 14.5 Å². The first-order valence-electron chi connectivity index (χ1n) is 9.93. The van der Waals surface area contributed by atoms with Crippen molar-refractivity contribution in [1.82, 2.24) is 9.80 Å². The molecule has 4 rings (SSSR count). The topological polar surface area (TPSA) is 43.9 Å². The van der Waals surface area contributed by atoms with Gasteiger partial charge in [-0.25, -0.2) is 4.90 Å². The average Bonchev–Trinajstić information content (AvgIpc) is 3.04. The lowest BCUT2D eigenvalue weighted by Crippen LogP contribution is -2.52. The van der Waals surface area contributed by atoms with Gasteiger partial charge >= 0.3 is 0 Å². The molecule has 0 spiro atoms. The van der Waals surface area contributed by atoms with Crippen molar-refractivity contribution in [1.29, 1.82) is 0 Å². The van der Waals surface area contributed by atoms with E-state index in [1.807, 2.05) is 18.2 Å². The Labute approximate surface area is 178 Å². The molecule has 0 bridgehead atoms. The fourth-order valence-corrected chi connectivity index (χ4v) is 4.52. The lowest BCUT2D eigenvalue weighted by molar-refractivity contribution is -0.123. The molecule has 2 aromatic rings. The molecule has 2 amide bonds. The number of hydrogen-bond acceptors (Lipinski definition) is 5. The number of rotatable bonds is 6. The van der Waals surface area contributed by atoms with E-state index >= 15 is 0 Å². The van der Waals surface area contributed by atoms with E-state index in [1.165, 1.54) is 22.6 Å². The molecule has 8 heteroatoms. The van der Waals surface area contributed by atoms with Gasteiger partial charge in [-0.15, -0.1) is 0 Å². The number of imide groups is 1. The maximum Gasteiger partial charge on any atom is 0.288 e. The van der Waals surface area contributed by atoms with E-state index in [0.717, 1.165) is 32.7 Å². The van der Waals surface area contributed by atoms with Crippen LogP contribution in [-0.2, 0) is 16.1 Å². The van der Waals surface area contributed by atoms with Gasteiger partial charge in [0.15, 0.2) is 0 Å². The highest BCUT2D eigenvalue weighted by atomic mass is 32.2. The number of hydrogen-bond donors (Lipinski definition) is 0. The van der Waals surface area contributed by atoms with Gasteiger partial charge in [-0.2, -0.15) is 8.78 Å². The van der Waals surface area contributed by atoms with E-state index in [1.54, 1.807) is 12.1 Å². The minimum absolute atomic E-state index is 0.158. The van der Waals surface area contributed by atoms with Gasteiger partial charge in [0, 0.05) is 37.6 Å². The first-order valence-corrected chi connectivity index (χ1v) is 10.8. The molecule has 5 nitrogen and oxygen atoms in total. The highest BCUT2D eigenvalue weighted by molar-refractivity contribution is 7.99. The maximum atomic E-state index is 13.0. The number of carbonyl (C=O) groups is 2. The van der Waals surface area contributed by atoms with Crippen LogP contribution in [0.5, 0.6) is 0 Å². The highest BCUT2D eigenvalue weighted by Gasteiger charge is 2.43. The van der Waals surface area contributed by atoms with Gasteiger partial charge in [0.2, 0.25) is 5.91 Å². The summed E-state index contributed by atoms with van der Waals surface area (Å²) in [6.07, 6.45) is 0.158. The summed E-state index contributed by atoms with van der Waals surface area (Å²) in [6.45, 7) is 4.02. The summed E-state index contributed by atoms with van der Waals surface area (Å²) in [5, 5.41) is 0. The van der Waals surface area contributed by atoms with Crippen molar-refractivity contribution in [3.8, 4) is 0 Å². The molecule has 0 radical (unpaired) electrons. The number of halogens is 2. The predicted octanol–water partition coefficient (Wildman–Crippen LogP) is 3.45. The molecular weight excluding hydrogens is 408 g/mol. The summed E-state index contributed by atoms with van der Waals surface area (Å²) in [5.41, 5.74) is 1.70. The van der Waals surface area contributed by atoms with Gasteiger partial charge < -0.3 is 0 Å². The zero-order valence-electron chi connectivity index (χ0n) is 16.4. The first-order chi connectivity index (χ1) is 14.5. The molecule has 2 saturated heterocycles. The van der Waals surface area contributed by atoms with Crippen molar-refractivity contribution in [3.63, 3.8) is 0 Å². The summed E-state index contributed by atoms with van der Waals surface area (Å²) >= 11 is 0.441. The standard InChI is InChI=1S/C22H23F2N3O2S/c23-22(24)30-18-8-6-17(7-9-18)27-20(28)14-19(21(27)29)26-12-10-25(11-13-26)15-16-4-2-1-3-5-16/h1-9,19,22H,10-15H2/t19-/m0/s1. The van der Waals surface area contributed by atoms with Gasteiger partial charge in [0.05, 0.1) is 18.2 Å². The Morgan fingerprint density at radius 2 is 1.60 bits per heavy atom. The largest absolute Gasteiger partial charge is 0.297 e. The van der Waals surface area contributed by atoms with E-state index in [4.69, 9.17) is 0 Å². The first kappa shape index (κ1) is 21.0. The molecule has 0 unspecified atom stereocenters. The maximum absolute atomic E-state index is 13.0. The Balaban J connectivity index is 1.36. The molecule has 30 heavy (non-hydrogen) atoms. The van der Waals surface area contributed by atoms with E-state index < -0.39 is 11.8 Å². The minimum atomic E-state index is -2.50. The van der Waals surface area contributed by atoms with E-state index in [9.17, 15) is 18.4 Å². The molecule has 0 saturated carbocycles. The molecular formula is C22H23F2N3O2S. The Kier molecular flexibility index (Phi) is 6.46. The second kappa shape index (κ2) is 9.24. The third-order valence-corrected chi connectivity index (χ3v) is 6.26. The van der Waals surface area contributed by atoms with Gasteiger partial charge in [0.25, 0.3) is 11.7 Å². The molecule has 0 N–H and O–H groups in total. The van der Waals surface area contributed by atoms with Gasteiger partial charge in [-0.05, 0) is 29.8 Å². The molecule has 2 aliphatic heterocycles. The van der Waals surface area contributed by atoms with Crippen LogP contribution in [0.15, 0.2) is 59.5 Å². The molecule has 0 aliphatic carbocycles. The van der Waals surface area contributed by atoms with Crippen molar-refractivity contribution in [2.45, 2.75) is 29.7 Å². The van der Waals surface area contributed by atoms with Crippen LogP contribution in [0.1, 0.15) is 12.0 Å². The molecule has 2 aliphatic rings. The zero-order valence-corrected chi connectivity index (χ0v) is 17.2. The van der Waals surface area contributed by atoms with Gasteiger partial charge in [0.1, 0.15) is 0 Å². The molecule has 0 aromatic heterocycles. The SMILES string of the molecule is O=C1C[C@H](N2CCN(Cc3ccccc3)CC2)C(=O)N1c1ccc(SC(F)F)cc1. The fraction of sp³-hybridized carbons (Fsp3) is 0.364. The van der Waals surface area contributed by atoms with Crippen LogP contribution in [0.25, 0.3) is 0 Å². The Hall–Kier alpha value is -2.29. The lowest BCUT2D eigenvalue weighted by atomic mass is 10.1. The number of carbonyl (C=O) groups excluding carboxylic acids is 2. The van der Waals surface area contributed by atoms with E-state index in [0.29, 0.717) is 22.3 Å². The molecule has 1 atom stereocenters. The van der Waals surface area contributed by atoms with E-state index in [-0.39, 0.29) is 18.2 Å². The number of piperazine rings is 1. The smallest absolute Gasteiger partial charge is 0.288 e. The quantitative estimate of drug-likeness (QED) is 0.518. The monoisotopic (exact) mass is 431 g/mol. The van der Waals surface area contributed by atoms with Crippen molar-refractivity contribution in [2.75, 3.05) is 31.1 Å². The number of nitrogens with zero attached hydrogens (tertiary/aromatic N) is 3. The van der Waals surface area contributed by atoms with Crippen LogP contribution < -0.4 is 4.90 Å². The summed E-state index contributed by atoms with van der Waals surface area (Å²) in [4.78, 5) is 31.6. The average molecular weight is 432 g/mol. The van der Waals surface area contributed by atoms with Gasteiger partial charge in [-0.3, -0.25) is 19.4 Å². The lowest BCUT2D eigenvalue weighted by Gasteiger charge is -2.37. The van der Waals surface area contributed by atoms with Crippen LogP contribution in [0.3, 0.4) is 0 Å². The van der Waals surface area contributed by atoms with Crippen molar-refractivity contribution < 1.29 is 18.4 Å². The Morgan fingerprint density at radius 1 is 0.933 bits per heavy atom. The second-order valence-electron chi connectivity index (χ2n) is 7.46. The van der Waals surface area contributed by atoms with Crippen molar-refractivity contribution >= 4 is 29.3 Å². The van der Waals surface area contributed by atoms with Crippen LogP contribution >= 0.6 is 11.8 Å². The summed E-state index contributed by atoms with van der Waals surface area (Å²) in [7, 11) is 0. The summed E-state index contributed by atoms with van der Waals surface area (Å²) in [5.74, 6) is -2.98. The van der Waals surface area contributed by atoms with Gasteiger partial charge in [-0.1, -0.05) is 42.1 Å². The highest BCUT2D eigenvalue weighted by Crippen LogP contribution is 2.30. The van der Waals surface area contributed by atoms with Crippen molar-refractivity contribution in [2.24, 2.45) is 0 Å². The number of alkyl halides is 2. The second-order valence-corrected chi connectivity index (χ2v) is 8.52. The fourth-order valence-electron chi connectivity index (χ4n) is 4.02. The normalized spacial score (nSPS) is 21.0. The molecule has 158 valence electrons. The third-order valence-electron chi connectivity index (χ3n) is 5.54. The summed E-state index contributed by atoms with van der Waals surface area (Å²) in [6, 6.07) is 16.0. The Morgan fingerprint density at radius 3 is 2.23 bits per heavy atom. The van der Waals surface area contributed by atoms with Crippen molar-refractivity contribution in [3.05, 3.63) is 60.2 Å². The molecule has 2 aromatic carbocycles. The van der Waals surface area contributed by atoms with Crippen LogP contribution in [0.2, 0.25) is 0 Å². The third kappa shape index (κ3) is 4.71. The molecule has 2 heterocycles. The minimum Gasteiger partial charge on any atom is -0.297 e.